The Morgan fingerprint density at radius 3 is 1.73 bits per heavy atom. The van der Waals surface area contributed by atoms with Crippen molar-refractivity contribution >= 4 is 72.6 Å². The summed E-state index contributed by atoms with van der Waals surface area (Å²) in [6.07, 6.45) is 1.80. The third-order valence-electron chi connectivity index (χ3n) is 6.71. The van der Waals surface area contributed by atoms with Gasteiger partial charge in [-0.15, -0.1) is 0 Å². The monoisotopic (exact) mass is 717 g/mol. The van der Waals surface area contributed by atoms with E-state index in [2.05, 4.69) is 67.1 Å². The van der Waals surface area contributed by atoms with E-state index in [1.54, 1.807) is 13.8 Å². The first-order chi connectivity index (χ1) is 22.4. The van der Waals surface area contributed by atoms with E-state index in [0.717, 1.165) is 0 Å². The number of imidazole rings is 1. The Morgan fingerprint density at radius 1 is 0.729 bits per heavy atom. The number of nitrogens with one attached hydrogen (secondary N) is 7. The molecule has 11 N–H and O–H groups in total. The van der Waals surface area contributed by atoms with Gasteiger partial charge < -0.3 is 52.8 Å². The molecule has 7 atom stereocenters. The van der Waals surface area contributed by atoms with Crippen molar-refractivity contribution in [3.63, 3.8) is 0 Å². The molecular weight excluding hydrogens is 674 g/mol. The van der Waals surface area contributed by atoms with Gasteiger partial charge in [0.1, 0.15) is 36.3 Å². The summed E-state index contributed by atoms with van der Waals surface area (Å²) in [5.74, 6) is -8.82. The number of amides is 6. The molecule has 0 saturated heterocycles. The van der Waals surface area contributed by atoms with Gasteiger partial charge in [-0.05, 0) is 19.8 Å². The molecule has 0 aliphatic carbocycles. The Morgan fingerprint density at radius 2 is 1.25 bits per heavy atom. The van der Waals surface area contributed by atoms with Crippen molar-refractivity contribution in [2.24, 2.45) is 11.7 Å². The molecule has 48 heavy (non-hydrogen) atoms. The molecule has 0 bridgehead atoms. The van der Waals surface area contributed by atoms with Gasteiger partial charge in [0.15, 0.2) is 0 Å². The fourth-order valence-corrected chi connectivity index (χ4v) is 4.30. The number of rotatable bonds is 20. The van der Waals surface area contributed by atoms with E-state index in [1.807, 2.05) is 0 Å². The first kappa shape index (κ1) is 41.7. The number of hydrogen-bond donors (Lipinski definition) is 12. The first-order valence-electron chi connectivity index (χ1n) is 14.6. The summed E-state index contributed by atoms with van der Waals surface area (Å²) in [6, 6.07) is -9.06. The van der Waals surface area contributed by atoms with Gasteiger partial charge in [-0.3, -0.25) is 33.6 Å². The molecule has 0 aliphatic rings. The van der Waals surface area contributed by atoms with Crippen LogP contribution >= 0.6 is 25.3 Å². The van der Waals surface area contributed by atoms with E-state index in [1.165, 1.54) is 26.4 Å². The van der Waals surface area contributed by atoms with E-state index in [0.29, 0.717) is 5.69 Å². The van der Waals surface area contributed by atoms with Crippen LogP contribution in [0.1, 0.15) is 39.8 Å². The van der Waals surface area contributed by atoms with Crippen molar-refractivity contribution in [1.82, 2.24) is 41.9 Å². The Bertz CT molecular complexity index is 1310. The molecule has 1 rings (SSSR count). The van der Waals surface area contributed by atoms with E-state index in [-0.39, 0.29) is 17.9 Å². The van der Waals surface area contributed by atoms with Gasteiger partial charge in [0.05, 0.1) is 18.8 Å². The average Bonchev–Trinajstić information content (AvgIpc) is 3.53. The minimum atomic E-state index is -1.69. The van der Waals surface area contributed by atoms with Crippen LogP contribution < -0.4 is 37.6 Å². The lowest BCUT2D eigenvalue weighted by Crippen LogP contribution is -2.60. The Hall–Kier alpha value is -4.37. The van der Waals surface area contributed by atoms with Crippen LogP contribution in [-0.2, 0) is 44.8 Å². The molecule has 21 heteroatoms. The van der Waals surface area contributed by atoms with Crippen LogP contribution in [0.25, 0.3) is 0 Å². The van der Waals surface area contributed by atoms with Crippen LogP contribution in [0, 0.1) is 5.92 Å². The third kappa shape index (κ3) is 13.8. The van der Waals surface area contributed by atoms with Gasteiger partial charge in [-0.1, -0.05) is 13.8 Å². The minimum absolute atomic E-state index is 0.0339. The topological polar surface area (TPSA) is 304 Å². The van der Waals surface area contributed by atoms with Crippen LogP contribution in [-0.4, -0.2) is 121 Å². The molecule has 6 amide bonds. The summed E-state index contributed by atoms with van der Waals surface area (Å²) in [6.45, 7) is 5.80. The van der Waals surface area contributed by atoms with Gasteiger partial charge in [0.2, 0.25) is 35.4 Å². The molecule has 1 aromatic rings. The van der Waals surface area contributed by atoms with Gasteiger partial charge in [-0.2, -0.15) is 25.3 Å². The summed E-state index contributed by atoms with van der Waals surface area (Å²) in [7, 11) is 0. The second-order valence-corrected chi connectivity index (χ2v) is 11.8. The second kappa shape index (κ2) is 20.1. The molecule has 0 radical (unpaired) electrons. The smallest absolute Gasteiger partial charge is 0.327 e. The molecule has 0 aliphatic heterocycles. The van der Waals surface area contributed by atoms with Gasteiger partial charge in [-0.25, -0.2) is 9.78 Å². The largest absolute Gasteiger partial charge is 0.481 e. The van der Waals surface area contributed by atoms with Crippen LogP contribution in [0.3, 0.4) is 0 Å². The van der Waals surface area contributed by atoms with Crippen LogP contribution in [0.5, 0.6) is 0 Å². The zero-order valence-electron chi connectivity index (χ0n) is 26.7. The number of H-pyrrole nitrogens is 1. The number of nitrogens with two attached hydrogens (primary N) is 1. The molecule has 0 aromatic carbocycles. The maximum atomic E-state index is 13.3. The molecule has 0 saturated carbocycles. The summed E-state index contributed by atoms with van der Waals surface area (Å²) < 4.78 is 0. The van der Waals surface area contributed by atoms with Gasteiger partial charge in [0.25, 0.3) is 0 Å². The number of nitrogens with zero attached hydrogens (tertiary/aromatic N) is 1. The number of carbonyl (C=O) groups excluding carboxylic acids is 6. The highest BCUT2D eigenvalue weighted by molar-refractivity contribution is 7.80. The summed E-state index contributed by atoms with van der Waals surface area (Å²) in [5.41, 5.74) is 6.09. The summed E-state index contributed by atoms with van der Waals surface area (Å²) >= 11 is 7.78. The number of carboxylic acid groups (broad SMARTS) is 2. The maximum Gasteiger partial charge on any atom is 0.327 e. The zero-order chi connectivity index (χ0) is 36.7. The van der Waals surface area contributed by atoms with Crippen molar-refractivity contribution in [3.05, 3.63) is 18.2 Å². The predicted molar refractivity (Wildman–Crippen MR) is 176 cm³/mol. The zero-order valence-corrected chi connectivity index (χ0v) is 28.5. The lowest BCUT2D eigenvalue weighted by atomic mass is 10.0. The van der Waals surface area contributed by atoms with E-state index < -0.39 is 102 Å². The van der Waals surface area contributed by atoms with Gasteiger partial charge in [0, 0.05) is 29.8 Å². The van der Waals surface area contributed by atoms with Crippen molar-refractivity contribution < 1.29 is 48.6 Å². The van der Waals surface area contributed by atoms with Crippen LogP contribution in [0.2, 0.25) is 0 Å². The van der Waals surface area contributed by atoms with Crippen LogP contribution in [0.15, 0.2) is 12.5 Å². The number of thiol groups is 2. The van der Waals surface area contributed by atoms with Gasteiger partial charge >= 0.3 is 11.9 Å². The highest BCUT2D eigenvalue weighted by Gasteiger charge is 2.34. The quantitative estimate of drug-likeness (QED) is 0.0581. The maximum absolute atomic E-state index is 13.3. The summed E-state index contributed by atoms with van der Waals surface area (Å²) in [5, 5.41) is 32.6. The molecule has 0 fully saturated rings. The number of aromatic amines is 1. The standard InChI is InChI=1S/C27H43N9O10S2/c1-11(2)20(26(44)34-17(6-19(37)38)25(43)35-18(9-48)27(45)46)36-22(40)13(4)32-24(42)16(5-14-7-29-10-30-14)33-21(39)12(3)31-23(41)15(28)8-47/h7,10-13,15-18,20,47-48H,5-6,8-9,28H2,1-4H3,(H,29,30)(H,31,41)(H,32,42)(H,33,39)(H,34,44)(H,35,43)(H,36,40)(H,37,38)(H,45,46)/t12-,13-,15-,16-,17-,18-,20-/m0/s1. The SMILES string of the molecule is CC(C)[C@H](NC(=O)[C@H](C)NC(=O)[C@H](Cc1cnc[nH]1)NC(=O)[C@H](C)NC(=O)[C@@H](N)CS)C(=O)N[C@@H](CC(=O)O)C(=O)N[C@@H](CS)C(=O)O. The summed E-state index contributed by atoms with van der Waals surface area (Å²) in [4.78, 5) is 106. The molecule has 1 aromatic heterocycles. The Labute approximate surface area is 286 Å². The lowest BCUT2D eigenvalue weighted by Gasteiger charge is -2.27. The number of aliphatic carboxylic acids is 2. The molecule has 19 nitrogen and oxygen atoms in total. The Kier molecular flexibility index (Phi) is 17.4. The molecule has 0 spiro atoms. The third-order valence-corrected chi connectivity index (χ3v) is 7.46. The van der Waals surface area contributed by atoms with Crippen molar-refractivity contribution in [2.75, 3.05) is 11.5 Å². The van der Waals surface area contributed by atoms with E-state index in [9.17, 15) is 48.6 Å². The predicted octanol–water partition coefficient (Wildman–Crippen LogP) is -3.70. The van der Waals surface area contributed by atoms with Crippen molar-refractivity contribution in [2.45, 2.75) is 82.8 Å². The van der Waals surface area contributed by atoms with Crippen molar-refractivity contribution in [3.8, 4) is 0 Å². The minimum Gasteiger partial charge on any atom is -0.481 e. The van der Waals surface area contributed by atoms with E-state index in [4.69, 9.17) is 5.73 Å². The molecule has 268 valence electrons. The van der Waals surface area contributed by atoms with Crippen molar-refractivity contribution in [1.29, 1.82) is 0 Å². The molecular formula is C27H43N9O10S2. The fourth-order valence-electron chi connectivity index (χ4n) is 3.89. The number of carboxylic acids is 2. The van der Waals surface area contributed by atoms with E-state index >= 15 is 0 Å². The number of aromatic nitrogens is 2. The number of hydrogen-bond acceptors (Lipinski definition) is 12. The fraction of sp³-hybridized carbons (Fsp3) is 0.593. The van der Waals surface area contributed by atoms with Crippen LogP contribution in [0.4, 0.5) is 0 Å². The molecule has 0 unspecified atom stereocenters. The average molecular weight is 718 g/mol. The lowest BCUT2D eigenvalue weighted by molar-refractivity contribution is -0.143. The first-order valence-corrected chi connectivity index (χ1v) is 15.9. The second-order valence-electron chi connectivity index (χ2n) is 11.1. The Balaban J connectivity index is 3.03. The molecule has 1 heterocycles. The highest BCUT2D eigenvalue weighted by atomic mass is 32.1. The normalized spacial score (nSPS) is 15.3. The number of carbonyl (C=O) groups is 8. The highest BCUT2D eigenvalue weighted by Crippen LogP contribution is 2.06.